The summed E-state index contributed by atoms with van der Waals surface area (Å²) in [5.41, 5.74) is 2.14. The van der Waals surface area contributed by atoms with Crippen LogP contribution >= 0.6 is 0 Å². The van der Waals surface area contributed by atoms with Gasteiger partial charge in [-0.1, -0.05) is 18.2 Å². The highest BCUT2D eigenvalue weighted by atomic mass is 19.4. The number of amides is 1. The van der Waals surface area contributed by atoms with Gasteiger partial charge in [-0.2, -0.15) is 13.2 Å². The van der Waals surface area contributed by atoms with Gasteiger partial charge in [0.05, 0.1) is 12.1 Å². The summed E-state index contributed by atoms with van der Waals surface area (Å²) in [5, 5.41) is 2.98. The number of halogens is 3. The summed E-state index contributed by atoms with van der Waals surface area (Å²) in [6.07, 6.45) is -3.52. The second kappa shape index (κ2) is 8.18. The number of para-hydroxylation sites is 1. The van der Waals surface area contributed by atoms with Crippen molar-refractivity contribution < 1.29 is 18.0 Å². The van der Waals surface area contributed by atoms with Crippen LogP contribution in [-0.4, -0.2) is 48.5 Å². The third kappa shape index (κ3) is 4.81. The van der Waals surface area contributed by atoms with Crippen molar-refractivity contribution in [3.8, 4) is 0 Å². The average Bonchev–Trinajstić information content (AvgIpc) is 2.65. The molecule has 1 aromatic heterocycles. The zero-order valence-electron chi connectivity index (χ0n) is 15.9. The second-order valence-corrected chi connectivity index (χ2v) is 6.98. The number of pyridine rings is 1. The number of nitrogens with one attached hydrogen (secondary N) is 1. The first-order valence-corrected chi connectivity index (χ1v) is 9.10. The first-order valence-electron chi connectivity index (χ1n) is 9.10. The molecule has 0 saturated carbocycles. The van der Waals surface area contributed by atoms with Gasteiger partial charge in [0, 0.05) is 38.1 Å². The molecule has 1 amide bonds. The molecule has 0 spiro atoms. The molecule has 2 aromatic rings. The van der Waals surface area contributed by atoms with Crippen molar-refractivity contribution in [2.75, 3.05) is 42.9 Å². The molecule has 1 aromatic carbocycles. The first kappa shape index (κ1) is 20.1. The van der Waals surface area contributed by atoms with Crippen LogP contribution in [0.5, 0.6) is 0 Å². The Bertz CT molecular complexity index is 808. The molecule has 0 aliphatic carbocycles. The number of anilines is 2. The highest BCUT2D eigenvalue weighted by Gasteiger charge is 2.31. The third-order valence-electron chi connectivity index (χ3n) is 4.88. The minimum Gasteiger partial charge on any atom is -0.354 e. The molecule has 0 bridgehead atoms. The monoisotopic (exact) mass is 392 g/mol. The Labute approximate surface area is 162 Å². The van der Waals surface area contributed by atoms with Gasteiger partial charge >= 0.3 is 6.18 Å². The van der Waals surface area contributed by atoms with Crippen LogP contribution in [0.15, 0.2) is 36.5 Å². The van der Waals surface area contributed by atoms with Crippen molar-refractivity contribution >= 4 is 17.4 Å². The molecule has 2 heterocycles. The van der Waals surface area contributed by atoms with Gasteiger partial charge in [0.1, 0.15) is 5.82 Å². The van der Waals surface area contributed by atoms with Crippen molar-refractivity contribution in [3.05, 3.63) is 53.2 Å². The molecule has 150 valence electrons. The Morgan fingerprint density at radius 1 is 1.07 bits per heavy atom. The van der Waals surface area contributed by atoms with Crippen molar-refractivity contribution in [2.24, 2.45) is 0 Å². The van der Waals surface area contributed by atoms with Crippen LogP contribution in [0.4, 0.5) is 24.7 Å². The zero-order chi connectivity index (χ0) is 20.3. The average molecular weight is 392 g/mol. The highest BCUT2D eigenvalue weighted by Crippen LogP contribution is 2.29. The molecule has 0 radical (unpaired) electrons. The van der Waals surface area contributed by atoms with E-state index in [0.717, 1.165) is 29.1 Å². The lowest BCUT2D eigenvalue weighted by molar-refractivity contribution is -0.137. The largest absolute Gasteiger partial charge is 0.417 e. The molecule has 1 saturated heterocycles. The van der Waals surface area contributed by atoms with Gasteiger partial charge in [-0.25, -0.2) is 4.98 Å². The Hall–Kier alpha value is -2.61. The van der Waals surface area contributed by atoms with Gasteiger partial charge in [-0.3, -0.25) is 9.69 Å². The van der Waals surface area contributed by atoms with Crippen LogP contribution in [0.1, 0.15) is 16.7 Å². The number of carbonyl (C=O) groups is 1. The van der Waals surface area contributed by atoms with Crippen molar-refractivity contribution in [1.29, 1.82) is 0 Å². The number of rotatable bonds is 4. The molecule has 3 rings (SSSR count). The normalized spacial score (nSPS) is 15.5. The van der Waals surface area contributed by atoms with E-state index in [1.54, 1.807) is 0 Å². The van der Waals surface area contributed by atoms with E-state index in [-0.39, 0.29) is 12.5 Å². The summed E-state index contributed by atoms with van der Waals surface area (Å²) in [4.78, 5) is 20.3. The standard InChI is InChI=1S/C20H23F3N4O/c1-14-4-3-5-15(2)19(14)25-18(28)13-26-8-10-27(11-9-26)17-7-6-16(12-24-17)20(21,22)23/h3-7,12H,8-11,13H2,1-2H3,(H,25,28). The van der Waals surface area contributed by atoms with Gasteiger partial charge < -0.3 is 10.2 Å². The summed E-state index contributed by atoms with van der Waals surface area (Å²) in [6.45, 7) is 6.69. The minimum absolute atomic E-state index is 0.0708. The number of aryl methyl sites for hydroxylation is 2. The molecule has 1 fully saturated rings. The maximum atomic E-state index is 12.6. The summed E-state index contributed by atoms with van der Waals surface area (Å²) < 4.78 is 37.9. The van der Waals surface area contributed by atoms with Gasteiger partial charge in [0.15, 0.2) is 0 Å². The van der Waals surface area contributed by atoms with Crippen LogP contribution in [0.3, 0.4) is 0 Å². The number of benzene rings is 1. The van der Waals surface area contributed by atoms with E-state index in [0.29, 0.717) is 32.0 Å². The Morgan fingerprint density at radius 3 is 2.25 bits per heavy atom. The van der Waals surface area contributed by atoms with Gasteiger partial charge in [-0.15, -0.1) is 0 Å². The van der Waals surface area contributed by atoms with Crippen molar-refractivity contribution in [2.45, 2.75) is 20.0 Å². The van der Waals surface area contributed by atoms with Crippen LogP contribution < -0.4 is 10.2 Å². The Balaban J connectivity index is 1.52. The molecular weight excluding hydrogens is 369 g/mol. The molecular formula is C20H23F3N4O. The van der Waals surface area contributed by atoms with Crippen LogP contribution in [0, 0.1) is 13.8 Å². The first-order chi connectivity index (χ1) is 13.2. The van der Waals surface area contributed by atoms with E-state index in [1.165, 1.54) is 6.07 Å². The van der Waals surface area contributed by atoms with E-state index in [2.05, 4.69) is 10.3 Å². The number of nitrogens with zero attached hydrogens (tertiary/aromatic N) is 3. The molecule has 1 N–H and O–H groups in total. The fourth-order valence-electron chi connectivity index (χ4n) is 3.27. The lowest BCUT2D eigenvalue weighted by Gasteiger charge is -2.35. The molecule has 28 heavy (non-hydrogen) atoms. The number of piperazine rings is 1. The third-order valence-corrected chi connectivity index (χ3v) is 4.88. The van der Waals surface area contributed by atoms with Crippen LogP contribution in [0.2, 0.25) is 0 Å². The predicted octanol–water partition coefficient (Wildman–Crippen LogP) is 3.48. The summed E-state index contributed by atoms with van der Waals surface area (Å²) in [5.74, 6) is 0.450. The van der Waals surface area contributed by atoms with E-state index < -0.39 is 11.7 Å². The summed E-state index contributed by atoms with van der Waals surface area (Å²) >= 11 is 0. The predicted molar refractivity (Wildman–Crippen MR) is 102 cm³/mol. The number of aromatic nitrogens is 1. The highest BCUT2D eigenvalue weighted by molar-refractivity contribution is 5.93. The van der Waals surface area contributed by atoms with Gasteiger partial charge in [0.25, 0.3) is 0 Å². The second-order valence-electron chi connectivity index (χ2n) is 6.98. The van der Waals surface area contributed by atoms with Crippen LogP contribution in [-0.2, 0) is 11.0 Å². The van der Waals surface area contributed by atoms with E-state index in [9.17, 15) is 18.0 Å². The fraction of sp³-hybridized carbons (Fsp3) is 0.400. The Morgan fingerprint density at radius 2 is 1.71 bits per heavy atom. The molecule has 1 aliphatic rings. The number of hydrogen-bond acceptors (Lipinski definition) is 4. The smallest absolute Gasteiger partial charge is 0.354 e. The molecule has 0 atom stereocenters. The maximum absolute atomic E-state index is 12.6. The molecule has 1 aliphatic heterocycles. The van der Waals surface area contributed by atoms with Gasteiger partial charge in [0.2, 0.25) is 5.91 Å². The van der Waals surface area contributed by atoms with Crippen molar-refractivity contribution in [3.63, 3.8) is 0 Å². The van der Waals surface area contributed by atoms with E-state index in [4.69, 9.17) is 0 Å². The maximum Gasteiger partial charge on any atom is 0.417 e. The van der Waals surface area contributed by atoms with E-state index in [1.807, 2.05) is 41.8 Å². The minimum atomic E-state index is -4.38. The molecule has 5 nitrogen and oxygen atoms in total. The quantitative estimate of drug-likeness (QED) is 0.866. The number of hydrogen-bond donors (Lipinski definition) is 1. The zero-order valence-corrected chi connectivity index (χ0v) is 15.9. The fourth-order valence-corrected chi connectivity index (χ4v) is 3.27. The van der Waals surface area contributed by atoms with E-state index >= 15 is 0 Å². The SMILES string of the molecule is Cc1cccc(C)c1NC(=O)CN1CCN(c2ccc(C(F)(F)F)cn2)CC1. The van der Waals surface area contributed by atoms with Crippen molar-refractivity contribution in [1.82, 2.24) is 9.88 Å². The van der Waals surface area contributed by atoms with Crippen LogP contribution in [0.25, 0.3) is 0 Å². The summed E-state index contributed by atoms with van der Waals surface area (Å²) in [7, 11) is 0. The molecule has 0 unspecified atom stereocenters. The number of alkyl halides is 3. The number of carbonyl (C=O) groups excluding carboxylic acids is 1. The lowest BCUT2D eigenvalue weighted by Crippen LogP contribution is -2.49. The topological polar surface area (TPSA) is 48.5 Å². The van der Waals surface area contributed by atoms with Gasteiger partial charge in [-0.05, 0) is 37.1 Å². The lowest BCUT2D eigenvalue weighted by atomic mass is 10.1. The Kier molecular flexibility index (Phi) is 5.88. The molecule has 8 heteroatoms. The summed E-state index contributed by atoms with van der Waals surface area (Å²) in [6, 6.07) is 8.31.